The minimum absolute atomic E-state index is 0.128. The molecule has 0 radical (unpaired) electrons. The summed E-state index contributed by atoms with van der Waals surface area (Å²) in [5.74, 6) is 0.515. The molecule has 0 saturated carbocycles. The van der Waals surface area contributed by atoms with E-state index in [2.05, 4.69) is 10.1 Å². The predicted octanol–water partition coefficient (Wildman–Crippen LogP) is 1.98. The number of ether oxygens (including phenoxy) is 2. The molecule has 0 aromatic heterocycles. The molecule has 6 heteroatoms. The molecule has 1 aromatic rings. The third-order valence-electron chi connectivity index (χ3n) is 2.14. The molecule has 0 atom stereocenters. The van der Waals surface area contributed by atoms with Gasteiger partial charge in [0, 0.05) is 4.90 Å². The van der Waals surface area contributed by atoms with E-state index in [1.54, 1.807) is 17.8 Å². The number of aryl methyl sites for hydroxylation is 1. The topological polar surface area (TPSA) is 64.6 Å². The first-order chi connectivity index (χ1) is 8.67. The second-order valence-corrected chi connectivity index (χ2v) is 4.29. The fourth-order valence-corrected chi connectivity index (χ4v) is 1.76. The molecular weight excluding hydrogens is 254 g/mol. The van der Waals surface area contributed by atoms with Crippen LogP contribution in [0.25, 0.3) is 0 Å². The van der Waals surface area contributed by atoms with E-state index in [0.29, 0.717) is 12.2 Å². The highest BCUT2D eigenvalue weighted by atomic mass is 32.2. The minimum Gasteiger partial charge on any atom is -0.466 e. The molecule has 5 nitrogen and oxygen atoms in total. The van der Waals surface area contributed by atoms with Crippen LogP contribution < -0.4 is 10.1 Å². The number of nitrogens with one attached hydrogen (secondary N) is 1. The summed E-state index contributed by atoms with van der Waals surface area (Å²) in [5, 5.41) is 2.47. The van der Waals surface area contributed by atoms with Crippen LogP contribution in [-0.4, -0.2) is 32.0 Å². The number of carbonyl (C=O) groups excluding carboxylic acids is 2. The molecule has 98 valence electrons. The van der Waals surface area contributed by atoms with Crippen LogP contribution in [-0.2, 0) is 9.53 Å². The standard InChI is InChI=1S/C12H15NO4S/c1-9-7-10(18-2)3-4-11(9)17-12(15)13-5-6-16-8-14/h3-4,7-8H,5-6H2,1-2H3,(H,13,15). The maximum atomic E-state index is 11.4. The third kappa shape index (κ3) is 4.67. The Morgan fingerprint density at radius 2 is 2.28 bits per heavy atom. The van der Waals surface area contributed by atoms with Crippen molar-refractivity contribution in [3.8, 4) is 5.75 Å². The smallest absolute Gasteiger partial charge is 0.412 e. The van der Waals surface area contributed by atoms with Gasteiger partial charge in [0.05, 0.1) is 6.54 Å². The van der Waals surface area contributed by atoms with E-state index in [1.807, 2.05) is 25.3 Å². The van der Waals surface area contributed by atoms with Crippen LogP contribution in [0.5, 0.6) is 5.75 Å². The van der Waals surface area contributed by atoms with E-state index in [4.69, 9.17) is 4.74 Å². The first-order valence-electron chi connectivity index (χ1n) is 5.33. The third-order valence-corrected chi connectivity index (χ3v) is 2.87. The van der Waals surface area contributed by atoms with Crippen molar-refractivity contribution >= 4 is 24.3 Å². The van der Waals surface area contributed by atoms with Crippen molar-refractivity contribution < 1.29 is 19.1 Å². The van der Waals surface area contributed by atoms with Gasteiger partial charge in [-0.15, -0.1) is 11.8 Å². The molecule has 0 bridgehead atoms. The van der Waals surface area contributed by atoms with Gasteiger partial charge in [0.15, 0.2) is 0 Å². The SMILES string of the molecule is CSc1ccc(OC(=O)NCCOC=O)c(C)c1. The van der Waals surface area contributed by atoms with E-state index in [0.717, 1.165) is 10.5 Å². The Hall–Kier alpha value is -1.69. The Morgan fingerprint density at radius 3 is 2.89 bits per heavy atom. The molecule has 0 aliphatic heterocycles. The average Bonchev–Trinajstić information content (AvgIpc) is 2.37. The van der Waals surface area contributed by atoms with Crippen molar-refractivity contribution in [2.24, 2.45) is 0 Å². The van der Waals surface area contributed by atoms with Crippen LogP contribution in [0.15, 0.2) is 23.1 Å². The Kier molecular flexibility index (Phi) is 6.07. The van der Waals surface area contributed by atoms with Gasteiger partial charge in [0.2, 0.25) is 0 Å². The Morgan fingerprint density at radius 1 is 1.50 bits per heavy atom. The first kappa shape index (κ1) is 14.4. The number of rotatable bonds is 6. The maximum Gasteiger partial charge on any atom is 0.412 e. The maximum absolute atomic E-state index is 11.4. The Labute approximate surface area is 110 Å². The number of benzene rings is 1. The van der Waals surface area contributed by atoms with Crippen LogP contribution in [0, 0.1) is 6.92 Å². The van der Waals surface area contributed by atoms with Crippen molar-refractivity contribution in [2.75, 3.05) is 19.4 Å². The second-order valence-electron chi connectivity index (χ2n) is 3.41. The summed E-state index contributed by atoms with van der Waals surface area (Å²) in [4.78, 5) is 22.4. The van der Waals surface area contributed by atoms with E-state index >= 15 is 0 Å². The van der Waals surface area contributed by atoms with Crippen LogP contribution in [0.1, 0.15) is 5.56 Å². The van der Waals surface area contributed by atoms with Crippen molar-refractivity contribution in [1.29, 1.82) is 0 Å². The summed E-state index contributed by atoms with van der Waals surface area (Å²) in [7, 11) is 0. The molecule has 1 rings (SSSR count). The molecule has 1 N–H and O–H groups in total. The zero-order chi connectivity index (χ0) is 13.4. The van der Waals surface area contributed by atoms with Gasteiger partial charge in [0.1, 0.15) is 12.4 Å². The van der Waals surface area contributed by atoms with Crippen molar-refractivity contribution in [2.45, 2.75) is 11.8 Å². The zero-order valence-electron chi connectivity index (χ0n) is 10.3. The van der Waals surface area contributed by atoms with Crippen molar-refractivity contribution in [3.63, 3.8) is 0 Å². The van der Waals surface area contributed by atoms with Gasteiger partial charge in [-0.2, -0.15) is 0 Å². The fourth-order valence-electron chi connectivity index (χ4n) is 1.26. The largest absolute Gasteiger partial charge is 0.466 e. The number of thioether (sulfide) groups is 1. The summed E-state index contributed by atoms with van der Waals surface area (Å²) in [5.41, 5.74) is 0.890. The van der Waals surface area contributed by atoms with E-state index in [-0.39, 0.29) is 13.2 Å². The summed E-state index contributed by atoms with van der Waals surface area (Å²) < 4.78 is 9.56. The van der Waals surface area contributed by atoms with Gasteiger partial charge in [-0.05, 0) is 36.9 Å². The molecule has 1 aromatic carbocycles. The lowest BCUT2D eigenvalue weighted by Crippen LogP contribution is -2.30. The quantitative estimate of drug-likeness (QED) is 0.486. The normalized spacial score (nSPS) is 9.67. The van der Waals surface area contributed by atoms with Gasteiger partial charge >= 0.3 is 6.09 Å². The zero-order valence-corrected chi connectivity index (χ0v) is 11.1. The predicted molar refractivity (Wildman–Crippen MR) is 69.0 cm³/mol. The van der Waals surface area contributed by atoms with Gasteiger partial charge in [-0.1, -0.05) is 0 Å². The molecule has 0 unspecified atom stereocenters. The lowest BCUT2D eigenvalue weighted by Gasteiger charge is -2.09. The van der Waals surface area contributed by atoms with Crippen LogP contribution in [0.4, 0.5) is 4.79 Å². The minimum atomic E-state index is -0.565. The second kappa shape index (κ2) is 7.60. The van der Waals surface area contributed by atoms with Gasteiger partial charge in [-0.25, -0.2) is 4.79 Å². The molecule has 0 fully saturated rings. The van der Waals surface area contributed by atoms with Crippen LogP contribution in [0.2, 0.25) is 0 Å². The highest BCUT2D eigenvalue weighted by Crippen LogP contribution is 2.23. The summed E-state index contributed by atoms with van der Waals surface area (Å²) >= 11 is 1.62. The van der Waals surface area contributed by atoms with Gasteiger partial charge < -0.3 is 14.8 Å². The Balaban J connectivity index is 2.46. The fraction of sp³-hybridized carbons (Fsp3) is 0.333. The first-order valence-corrected chi connectivity index (χ1v) is 6.55. The lowest BCUT2D eigenvalue weighted by atomic mass is 10.2. The van der Waals surface area contributed by atoms with Gasteiger partial charge in [0.25, 0.3) is 6.47 Å². The molecule has 1 amide bonds. The number of amides is 1. The van der Waals surface area contributed by atoms with E-state index in [1.165, 1.54) is 0 Å². The van der Waals surface area contributed by atoms with Gasteiger partial charge in [-0.3, -0.25) is 4.79 Å². The molecule has 0 heterocycles. The highest BCUT2D eigenvalue weighted by Gasteiger charge is 2.06. The van der Waals surface area contributed by atoms with E-state index < -0.39 is 6.09 Å². The lowest BCUT2D eigenvalue weighted by molar-refractivity contribution is -0.128. The van der Waals surface area contributed by atoms with Crippen LogP contribution >= 0.6 is 11.8 Å². The summed E-state index contributed by atoms with van der Waals surface area (Å²) in [6, 6.07) is 5.58. The number of hydrogen-bond donors (Lipinski definition) is 1. The molecular formula is C12H15NO4S. The van der Waals surface area contributed by atoms with Crippen LogP contribution in [0.3, 0.4) is 0 Å². The molecule has 0 aliphatic carbocycles. The number of hydrogen-bond acceptors (Lipinski definition) is 5. The van der Waals surface area contributed by atoms with E-state index in [9.17, 15) is 9.59 Å². The summed E-state index contributed by atoms with van der Waals surface area (Å²) in [6.45, 7) is 2.55. The van der Waals surface area contributed by atoms with Crippen molar-refractivity contribution in [1.82, 2.24) is 5.32 Å². The number of carbonyl (C=O) groups is 2. The Bertz CT molecular complexity index is 423. The van der Waals surface area contributed by atoms with Crippen molar-refractivity contribution in [3.05, 3.63) is 23.8 Å². The molecule has 0 spiro atoms. The average molecular weight is 269 g/mol. The highest BCUT2D eigenvalue weighted by molar-refractivity contribution is 7.98. The molecule has 18 heavy (non-hydrogen) atoms. The monoisotopic (exact) mass is 269 g/mol. The molecule has 0 saturated heterocycles. The summed E-state index contributed by atoms with van der Waals surface area (Å²) in [6.07, 6.45) is 1.42. The molecule has 0 aliphatic rings.